The van der Waals surface area contributed by atoms with Crippen LogP contribution in [0.1, 0.15) is 32.6 Å². The van der Waals surface area contributed by atoms with Gasteiger partial charge in [-0.15, -0.1) is 0 Å². The maximum Gasteiger partial charge on any atom is 0.405 e. The highest BCUT2D eigenvalue weighted by Crippen LogP contribution is 2.47. The molecule has 1 aliphatic heterocycles. The molecular weight excluding hydrogens is 615 g/mol. The van der Waals surface area contributed by atoms with Crippen LogP contribution in [0.25, 0.3) is 11.2 Å². The summed E-state index contributed by atoms with van der Waals surface area (Å²) in [7, 11) is -2.47. The number of nitrogens with two attached hydrogens (primary N) is 2. The highest BCUT2D eigenvalue weighted by atomic mass is 32.2. The third kappa shape index (κ3) is 7.56. The zero-order valence-corrected chi connectivity index (χ0v) is 26.6. The van der Waals surface area contributed by atoms with Gasteiger partial charge in [0.2, 0.25) is 5.95 Å². The van der Waals surface area contributed by atoms with Gasteiger partial charge in [0.25, 0.3) is 0 Å². The lowest BCUT2D eigenvalue weighted by Crippen LogP contribution is -2.44. The number of hydrazine groups is 1. The minimum absolute atomic E-state index is 0.0908. The molecule has 0 aliphatic carbocycles. The third-order valence-corrected chi connectivity index (χ3v) is 9.76. The molecule has 8 N–H and O–H groups in total. The van der Waals surface area contributed by atoms with Crippen LogP contribution in [-0.4, -0.2) is 90.4 Å². The van der Waals surface area contributed by atoms with E-state index in [9.17, 15) is 24.7 Å². The second kappa shape index (κ2) is 13.7. The van der Waals surface area contributed by atoms with E-state index in [1.165, 1.54) is 22.8 Å². The van der Waals surface area contributed by atoms with Crippen molar-refractivity contribution in [3.63, 3.8) is 0 Å². The van der Waals surface area contributed by atoms with Crippen LogP contribution in [0.5, 0.6) is 0 Å². The number of fused-ring (bicyclic) bond motifs is 1. The van der Waals surface area contributed by atoms with E-state index >= 15 is 0 Å². The third-order valence-electron chi connectivity index (χ3n) is 7.02. The molecule has 2 aromatic heterocycles. The zero-order valence-electron chi connectivity index (χ0n) is 24.9. The number of aliphatic hydroxyl groups excluding tert-OH is 2. The summed E-state index contributed by atoms with van der Waals surface area (Å²) >= 11 is 0.945. The molecular formula is C26H39N8O8PS. The highest BCUT2D eigenvalue weighted by Gasteiger charge is 2.54. The fraction of sp³-hybridized carbons (Fsp3) is 0.538. The maximum atomic E-state index is 13.8. The fourth-order valence-corrected chi connectivity index (χ4v) is 6.59. The van der Waals surface area contributed by atoms with Crippen LogP contribution in [-0.2, 0) is 29.7 Å². The molecule has 44 heavy (non-hydrogen) atoms. The van der Waals surface area contributed by atoms with E-state index in [1.807, 2.05) is 30.3 Å². The monoisotopic (exact) mass is 654 g/mol. The Morgan fingerprint density at radius 2 is 2.00 bits per heavy atom. The lowest BCUT2D eigenvalue weighted by Gasteiger charge is -2.27. The predicted octanol–water partition coefficient (Wildman–Crippen LogP) is 0.937. The van der Waals surface area contributed by atoms with E-state index in [1.54, 1.807) is 20.9 Å². The second-order valence-electron chi connectivity index (χ2n) is 11.2. The Morgan fingerprint density at radius 3 is 2.66 bits per heavy atom. The van der Waals surface area contributed by atoms with Crippen LogP contribution >= 0.6 is 19.5 Å². The number of carbonyl (C=O) groups excluding carboxylic acids is 1. The number of hydrogen-bond donors (Lipinski definition) is 6. The minimum atomic E-state index is -4.03. The average Bonchev–Trinajstić information content (AvgIpc) is 3.50. The first-order valence-electron chi connectivity index (χ1n) is 13.7. The molecule has 0 saturated carbocycles. The summed E-state index contributed by atoms with van der Waals surface area (Å²) in [5.41, 5.74) is 4.38. The van der Waals surface area contributed by atoms with Gasteiger partial charge in [0.15, 0.2) is 28.3 Å². The summed E-state index contributed by atoms with van der Waals surface area (Å²) in [5.74, 6) is 6.17. The summed E-state index contributed by atoms with van der Waals surface area (Å²) in [6.45, 7) is 3.89. The lowest BCUT2D eigenvalue weighted by atomic mass is 9.96. The van der Waals surface area contributed by atoms with Crippen LogP contribution in [0.2, 0.25) is 0 Å². The van der Waals surface area contributed by atoms with E-state index in [4.69, 9.17) is 25.4 Å². The number of thioether (sulfide) groups is 1. The van der Waals surface area contributed by atoms with E-state index in [0.717, 1.165) is 17.3 Å². The van der Waals surface area contributed by atoms with Crippen molar-refractivity contribution in [3.8, 4) is 0 Å². The van der Waals surface area contributed by atoms with Gasteiger partial charge in [0, 0.05) is 19.3 Å². The Bertz CT molecular complexity index is 1490. The molecule has 3 heterocycles. The highest BCUT2D eigenvalue weighted by molar-refractivity contribution is 8.13. The van der Waals surface area contributed by atoms with Crippen molar-refractivity contribution in [2.45, 2.75) is 51.4 Å². The van der Waals surface area contributed by atoms with Crippen molar-refractivity contribution in [3.05, 3.63) is 42.2 Å². The van der Waals surface area contributed by atoms with Crippen LogP contribution in [0.15, 0.2) is 36.7 Å². The number of anilines is 2. The van der Waals surface area contributed by atoms with Gasteiger partial charge in [-0.2, -0.15) is 9.97 Å². The lowest BCUT2D eigenvalue weighted by molar-refractivity contribution is -0.119. The van der Waals surface area contributed by atoms with Crippen LogP contribution in [0.4, 0.5) is 11.8 Å². The van der Waals surface area contributed by atoms with E-state index in [2.05, 4.69) is 20.0 Å². The van der Waals surface area contributed by atoms with Gasteiger partial charge in [-0.3, -0.25) is 23.4 Å². The normalized spacial score (nSPS) is 23.6. The quantitative estimate of drug-likeness (QED) is 0.0614. The van der Waals surface area contributed by atoms with Gasteiger partial charge in [0.1, 0.15) is 17.8 Å². The second-order valence-corrected chi connectivity index (χ2v) is 14.1. The first-order valence-corrected chi connectivity index (χ1v) is 16.2. The zero-order chi connectivity index (χ0) is 32.3. The molecule has 0 bridgehead atoms. The molecule has 16 nitrogen and oxygen atoms in total. The Balaban J connectivity index is 1.48. The van der Waals surface area contributed by atoms with Gasteiger partial charge in [-0.1, -0.05) is 42.1 Å². The predicted molar refractivity (Wildman–Crippen MR) is 164 cm³/mol. The van der Waals surface area contributed by atoms with Crippen LogP contribution < -0.4 is 21.7 Å². The van der Waals surface area contributed by atoms with Crippen molar-refractivity contribution in [1.82, 2.24) is 24.6 Å². The molecule has 2 unspecified atom stereocenters. The van der Waals surface area contributed by atoms with Crippen molar-refractivity contribution >= 4 is 47.6 Å². The van der Waals surface area contributed by atoms with Gasteiger partial charge in [0.05, 0.1) is 31.6 Å². The van der Waals surface area contributed by atoms with Gasteiger partial charge < -0.3 is 25.8 Å². The molecule has 18 heteroatoms. The number of ether oxygens (including phenoxy) is 1. The molecule has 1 fully saturated rings. The SMILES string of the molecule is CN(N)c1nc(N)nc2c1ncn2[C@@H]1O[C@H](COP(=O)(NCc2ccccc2)OCCSC(=O)C(C)(C)CO)C(O)[C@]1(C)O. The number of nitrogen functional groups attached to an aromatic ring is 1. The summed E-state index contributed by atoms with van der Waals surface area (Å²) in [6.07, 6.45) is -2.48. The molecule has 0 radical (unpaired) electrons. The summed E-state index contributed by atoms with van der Waals surface area (Å²) in [4.78, 5) is 25.0. The fourth-order valence-electron chi connectivity index (χ4n) is 4.35. The number of aromatic nitrogens is 4. The number of nitrogens with one attached hydrogen (secondary N) is 1. The van der Waals surface area contributed by atoms with Crippen LogP contribution in [0, 0.1) is 5.41 Å². The summed E-state index contributed by atoms with van der Waals surface area (Å²) in [5, 5.41) is 35.6. The Labute approximate surface area is 258 Å². The first-order chi connectivity index (χ1) is 20.7. The van der Waals surface area contributed by atoms with Crippen LogP contribution in [0.3, 0.4) is 0 Å². The molecule has 0 amide bonds. The minimum Gasteiger partial charge on any atom is -0.395 e. The number of benzene rings is 1. The van der Waals surface area contributed by atoms with E-state index in [-0.39, 0.29) is 48.0 Å². The van der Waals surface area contributed by atoms with Crippen molar-refractivity contribution in [2.24, 2.45) is 11.3 Å². The van der Waals surface area contributed by atoms with Crippen molar-refractivity contribution < 1.29 is 38.5 Å². The maximum absolute atomic E-state index is 13.8. The van der Waals surface area contributed by atoms with Gasteiger partial charge >= 0.3 is 7.75 Å². The van der Waals surface area contributed by atoms with Crippen molar-refractivity contribution in [2.75, 3.05) is 43.4 Å². The summed E-state index contributed by atoms with van der Waals surface area (Å²) in [6, 6.07) is 9.15. The van der Waals surface area contributed by atoms with Gasteiger partial charge in [-0.25, -0.2) is 20.5 Å². The molecule has 1 aromatic carbocycles. The molecule has 1 saturated heterocycles. The molecule has 3 aromatic rings. The van der Waals surface area contributed by atoms with E-state index in [0.29, 0.717) is 5.52 Å². The molecule has 5 atom stereocenters. The number of nitrogens with zero attached hydrogens (tertiary/aromatic N) is 5. The molecule has 0 spiro atoms. The Kier molecular flexibility index (Phi) is 10.7. The number of imidazole rings is 1. The molecule has 1 aliphatic rings. The Hall–Kier alpha value is -2.70. The number of aliphatic hydroxyl groups is 3. The Morgan fingerprint density at radius 1 is 1.30 bits per heavy atom. The molecule has 242 valence electrons. The van der Waals surface area contributed by atoms with Crippen molar-refractivity contribution in [1.29, 1.82) is 0 Å². The summed E-state index contributed by atoms with van der Waals surface area (Å²) < 4.78 is 32.5. The van der Waals surface area contributed by atoms with E-state index < -0.39 is 43.8 Å². The number of carbonyl (C=O) groups is 1. The largest absolute Gasteiger partial charge is 0.405 e. The molecule has 4 rings (SSSR count). The standard InChI is InChI=1S/C26H39N8O8PS/c1-25(2,14-35)23(37)44-11-10-40-43(39,30-12-16-8-6-5-7-9-16)41-13-17-19(36)26(3,38)22(42-17)34-15-29-18-20(33(4)28)31-24(27)32-21(18)34/h5-9,15,17,19,22,35-36,38H,10-14,28H2,1-4H3,(H,30,39)(H2,27,31,32)/t17-,19?,22-,26+,43?/m1/s1. The van der Waals surface area contributed by atoms with Gasteiger partial charge in [-0.05, 0) is 26.3 Å². The number of rotatable bonds is 14. The first kappa shape index (κ1) is 34.2. The average molecular weight is 655 g/mol. The topological polar surface area (TPSA) is 233 Å². The number of hydrogen-bond acceptors (Lipinski definition) is 15. The smallest absolute Gasteiger partial charge is 0.395 e.